The van der Waals surface area contributed by atoms with E-state index in [9.17, 15) is 0 Å². The fourth-order valence-corrected chi connectivity index (χ4v) is 2.52. The predicted octanol–water partition coefficient (Wildman–Crippen LogP) is 3.41. The van der Waals surface area contributed by atoms with Crippen LogP contribution < -0.4 is 14.8 Å². The van der Waals surface area contributed by atoms with Crippen molar-refractivity contribution in [3.05, 3.63) is 53.6 Å². The third kappa shape index (κ3) is 2.24. The Morgan fingerprint density at radius 1 is 1.00 bits per heavy atom. The van der Waals surface area contributed by atoms with Gasteiger partial charge in [0, 0.05) is 5.69 Å². The van der Waals surface area contributed by atoms with Gasteiger partial charge in [-0.2, -0.15) is 0 Å². The monoisotopic (exact) mass is 255 g/mol. The number of anilines is 1. The highest BCUT2D eigenvalue weighted by molar-refractivity contribution is 5.60. The summed E-state index contributed by atoms with van der Waals surface area (Å²) in [5.41, 5.74) is 3.73. The van der Waals surface area contributed by atoms with Crippen LogP contribution in [0, 0.1) is 0 Å². The summed E-state index contributed by atoms with van der Waals surface area (Å²) in [5, 5.41) is 3.54. The summed E-state index contributed by atoms with van der Waals surface area (Å²) in [4.78, 5) is 0. The molecule has 1 N–H and O–H groups in total. The highest BCUT2D eigenvalue weighted by Gasteiger charge is 2.22. The highest BCUT2D eigenvalue weighted by Crippen LogP contribution is 2.36. The molecule has 0 saturated carbocycles. The molecule has 0 bridgehead atoms. The van der Waals surface area contributed by atoms with E-state index in [1.165, 1.54) is 16.8 Å². The van der Waals surface area contributed by atoms with E-state index < -0.39 is 0 Å². The molecule has 0 aromatic heterocycles. The van der Waals surface area contributed by atoms with E-state index in [0.29, 0.717) is 6.04 Å². The first kappa shape index (κ1) is 11.9. The van der Waals surface area contributed by atoms with Crippen LogP contribution in [0.5, 0.6) is 11.5 Å². The summed E-state index contributed by atoms with van der Waals surface area (Å²) >= 11 is 0. The van der Waals surface area contributed by atoms with E-state index in [2.05, 4.69) is 29.6 Å². The van der Waals surface area contributed by atoms with Crippen LogP contribution in [0.2, 0.25) is 0 Å². The molecule has 0 fully saturated rings. The summed E-state index contributed by atoms with van der Waals surface area (Å²) in [6.07, 6.45) is 0.972. The minimum atomic E-state index is 0.303. The topological polar surface area (TPSA) is 30.5 Å². The van der Waals surface area contributed by atoms with Gasteiger partial charge in [0.15, 0.2) is 0 Å². The van der Waals surface area contributed by atoms with Crippen LogP contribution in [0.25, 0.3) is 0 Å². The van der Waals surface area contributed by atoms with Gasteiger partial charge in [-0.15, -0.1) is 0 Å². The van der Waals surface area contributed by atoms with Crippen LogP contribution in [0.1, 0.15) is 17.2 Å². The second kappa shape index (κ2) is 4.84. The third-order valence-electron chi connectivity index (χ3n) is 3.56. The molecule has 19 heavy (non-hydrogen) atoms. The van der Waals surface area contributed by atoms with Crippen molar-refractivity contribution in [2.24, 2.45) is 0 Å². The highest BCUT2D eigenvalue weighted by atomic mass is 16.5. The van der Waals surface area contributed by atoms with Crippen LogP contribution in [-0.2, 0) is 6.42 Å². The van der Waals surface area contributed by atoms with Gasteiger partial charge >= 0.3 is 0 Å². The largest absolute Gasteiger partial charge is 0.497 e. The molecule has 3 heteroatoms. The molecule has 0 saturated heterocycles. The van der Waals surface area contributed by atoms with Crippen LogP contribution in [0.3, 0.4) is 0 Å². The Kier molecular flexibility index (Phi) is 3.03. The molecule has 3 nitrogen and oxygen atoms in total. The number of fused-ring (bicyclic) bond motifs is 1. The number of rotatable bonds is 3. The van der Waals surface area contributed by atoms with Gasteiger partial charge in [0.25, 0.3) is 0 Å². The predicted molar refractivity (Wildman–Crippen MR) is 76.1 cm³/mol. The lowest BCUT2D eigenvalue weighted by atomic mass is 10.0. The number of ether oxygens (including phenoxy) is 2. The minimum absolute atomic E-state index is 0.303. The van der Waals surface area contributed by atoms with E-state index in [1.807, 2.05) is 18.2 Å². The summed E-state index contributed by atoms with van der Waals surface area (Å²) in [5.74, 6) is 1.81. The van der Waals surface area contributed by atoms with Crippen molar-refractivity contribution in [3.8, 4) is 11.5 Å². The maximum Gasteiger partial charge on any atom is 0.119 e. The maximum atomic E-state index is 5.28. The number of hydrogen-bond acceptors (Lipinski definition) is 3. The molecule has 1 unspecified atom stereocenters. The first-order chi connectivity index (χ1) is 9.30. The number of benzene rings is 2. The first-order valence-electron chi connectivity index (χ1n) is 6.37. The van der Waals surface area contributed by atoms with Gasteiger partial charge in [0.05, 0.1) is 20.3 Å². The molecule has 98 valence electrons. The van der Waals surface area contributed by atoms with Crippen LogP contribution in [0.4, 0.5) is 5.69 Å². The maximum absolute atomic E-state index is 5.28. The average molecular weight is 255 g/mol. The Balaban J connectivity index is 1.86. The molecular formula is C16H17NO2. The smallest absolute Gasteiger partial charge is 0.119 e. The van der Waals surface area contributed by atoms with Gasteiger partial charge in [0.1, 0.15) is 11.5 Å². The van der Waals surface area contributed by atoms with Gasteiger partial charge in [0.2, 0.25) is 0 Å². The van der Waals surface area contributed by atoms with E-state index in [0.717, 1.165) is 17.9 Å². The second-order valence-electron chi connectivity index (χ2n) is 4.70. The van der Waals surface area contributed by atoms with E-state index in [-0.39, 0.29) is 0 Å². The molecular weight excluding hydrogens is 238 g/mol. The number of hydrogen-bond donors (Lipinski definition) is 1. The lowest BCUT2D eigenvalue weighted by Crippen LogP contribution is -2.05. The number of methoxy groups -OCH3 is 2. The van der Waals surface area contributed by atoms with Gasteiger partial charge in [-0.1, -0.05) is 12.1 Å². The van der Waals surface area contributed by atoms with Crippen LogP contribution >= 0.6 is 0 Å². The zero-order valence-electron chi connectivity index (χ0n) is 11.1. The van der Waals surface area contributed by atoms with Crippen molar-refractivity contribution in [3.63, 3.8) is 0 Å². The van der Waals surface area contributed by atoms with Crippen molar-refractivity contribution < 1.29 is 9.47 Å². The fraction of sp³-hybridized carbons (Fsp3) is 0.250. The molecule has 2 aromatic carbocycles. The molecule has 0 aliphatic carbocycles. The zero-order chi connectivity index (χ0) is 13.2. The number of nitrogens with one attached hydrogen (secondary N) is 1. The van der Waals surface area contributed by atoms with E-state index in [1.54, 1.807) is 14.2 Å². The average Bonchev–Trinajstić information content (AvgIpc) is 2.90. The van der Waals surface area contributed by atoms with Crippen molar-refractivity contribution in [1.82, 2.24) is 0 Å². The van der Waals surface area contributed by atoms with Gasteiger partial charge in [-0.25, -0.2) is 0 Å². The molecule has 0 spiro atoms. The Labute approximate surface area is 113 Å². The van der Waals surface area contributed by atoms with Crippen molar-refractivity contribution >= 4 is 5.69 Å². The van der Waals surface area contributed by atoms with Gasteiger partial charge < -0.3 is 14.8 Å². The lowest BCUT2D eigenvalue weighted by Gasteiger charge is -2.12. The molecule has 1 aliphatic heterocycles. The molecule has 1 heterocycles. The second-order valence-corrected chi connectivity index (χ2v) is 4.70. The summed E-state index contributed by atoms with van der Waals surface area (Å²) in [6, 6.07) is 14.7. The Morgan fingerprint density at radius 2 is 1.79 bits per heavy atom. The Morgan fingerprint density at radius 3 is 2.58 bits per heavy atom. The fourth-order valence-electron chi connectivity index (χ4n) is 2.52. The Hall–Kier alpha value is -2.16. The first-order valence-corrected chi connectivity index (χ1v) is 6.37. The normalized spacial score (nSPS) is 16.6. The van der Waals surface area contributed by atoms with Crippen molar-refractivity contribution in [2.75, 3.05) is 19.5 Å². The van der Waals surface area contributed by atoms with E-state index >= 15 is 0 Å². The van der Waals surface area contributed by atoms with Crippen LogP contribution in [0.15, 0.2) is 42.5 Å². The summed E-state index contributed by atoms with van der Waals surface area (Å²) in [6.45, 7) is 0. The quantitative estimate of drug-likeness (QED) is 0.911. The minimum Gasteiger partial charge on any atom is -0.497 e. The SMILES string of the molecule is COc1cccc(C2Cc3cc(OC)ccc3N2)c1. The molecule has 2 aromatic rings. The zero-order valence-corrected chi connectivity index (χ0v) is 11.1. The van der Waals surface area contributed by atoms with Crippen LogP contribution in [-0.4, -0.2) is 14.2 Å². The molecule has 0 amide bonds. The molecule has 1 aliphatic rings. The summed E-state index contributed by atoms with van der Waals surface area (Å²) < 4.78 is 10.5. The van der Waals surface area contributed by atoms with Crippen molar-refractivity contribution in [2.45, 2.75) is 12.5 Å². The molecule has 0 radical (unpaired) electrons. The molecule has 1 atom stereocenters. The van der Waals surface area contributed by atoms with Gasteiger partial charge in [-0.3, -0.25) is 0 Å². The van der Waals surface area contributed by atoms with E-state index in [4.69, 9.17) is 9.47 Å². The van der Waals surface area contributed by atoms with Gasteiger partial charge in [-0.05, 0) is 47.9 Å². The lowest BCUT2D eigenvalue weighted by molar-refractivity contribution is 0.413. The third-order valence-corrected chi connectivity index (χ3v) is 3.56. The standard InChI is InChI=1S/C16H17NO2/c1-18-13-5-3-4-11(8-13)16-10-12-9-14(19-2)6-7-15(12)17-16/h3-9,16-17H,10H2,1-2H3. The molecule has 3 rings (SSSR count). The van der Waals surface area contributed by atoms with Crippen molar-refractivity contribution in [1.29, 1.82) is 0 Å². The summed E-state index contributed by atoms with van der Waals surface area (Å²) in [7, 11) is 3.39. The Bertz CT molecular complexity index is 595.